The van der Waals surface area contributed by atoms with E-state index in [1.54, 1.807) is 19.1 Å². The molecule has 0 unspecified atom stereocenters. The van der Waals surface area contributed by atoms with E-state index in [-0.39, 0.29) is 17.1 Å². The second-order valence-electron chi connectivity index (χ2n) is 4.01. The second-order valence-corrected chi connectivity index (χ2v) is 4.01. The molecule has 4 nitrogen and oxygen atoms in total. The molecule has 0 saturated carbocycles. The van der Waals surface area contributed by atoms with Gasteiger partial charge < -0.3 is 15.6 Å². The molecule has 2 aromatic carbocycles. The minimum absolute atomic E-state index is 0.0429. The molecule has 98 valence electrons. The van der Waals surface area contributed by atoms with Crippen LogP contribution in [-0.2, 0) is 0 Å². The summed E-state index contributed by atoms with van der Waals surface area (Å²) in [5.74, 6) is -1.05. The first-order chi connectivity index (χ1) is 8.99. The van der Waals surface area contributed by atoms with Gasteiger partial charge in [0.2, 0.25) is 5.91 Å². The Morgan fingerprint density at radius 1 is 1.26 bits per heavy atom. The number of phenolic OH excluding ortho intramolecular Hbond substituents is 1. The van der Waals surface area contributed by atoms with Gasteiger partial charge in [-0.25, -0.2) is 4.39 Å². The molecule has 1 amide bonds. The molecule has 0 aliphatic carbocycles. The van der Waals surface area contributed by atoms with E-state index in [1.165, 1.54) is 18.2 Å². The van der Waals surface area contributed by atoms with Gasteiger partial charge in [0.05, 0.1) is 0 Å². The van der Waals surface area contributed by atoms with Gasteiger partial charge in [0, 0.05) is 11.1 Å². The maximum atomic E-state index is 13.7. The molecule has 0 aromatic heterocycles. The number of benzene rings is 2. The van der Waals surface area contributed by atoms with E-state index in [2.05, 4.69) is 0 Å². The van der Waals surface area contributed by atoms with E-state index in [0.717, 1.165) is 6.07 Å². The summed E-state index contributed by atoms with van der Waals surface area (Å²) in [6, 6.07) is 8.41. The number of hydrogen-bond donors (Lipinski definition) is 2. The lowest BCUT2D eigenvalue weighted by Gasteiger charge is -2.10. The van der Waals surface area contributed by atoms with Crippen LogP contribution in [0.15, 0.2) is 36.4 Å². The molecule has 0 atom stereocenters. The van der Waals surface area contributed by atoms with Crippen molar-refractivity contribution in [3.63, 3.8) is 0 Å². The Kier molecular flexibility index (Phi) is 3.37. The maximum Gasteiger partial charge on any atom is 0.248 e. The molecule has 5 heteroatoms. The van der Waals surface area contributed by atoms with E-state index in [4.69, 9.17) is 10.5 Å². The van der Waals surface area contributed by atoms with Crippen molar-refractivity contribution in [2.45, 2.75) is 6.92 Å². The number of nitrogens with two attached hydrogens (primary N) is 1. The van der Waals surface area contributed by atoms with Gasteiger partial charge in [-0.15, -0.1) is 0 Å². The van der Waals surface area contributed by atoms with Crippen LogP contribution in [0.5, 0.6) is 17.2 Å². The number of primary amides is 1. The molecule has 0 saturated heterocycles. The average Bonchev–Trinajstić information content (AvgIpc) is 2.37. The van der Waals surface area contributed by atoms with Crippen LogP contribution in [0.4, 0.5) is 4.39 Å². The van der Waals surface area contributed by atoms with Crippen LogP contribution < -0.4 is 10.5 Å². The maximum absolute atomic E-state index is 13.7. The van der Waals surface area contributed by atoms with E-state index in [0.29, 0.717) is 11.3 Å². The molecule has 2 aromatic rings. The van der Waals surface area contributed by atoms with Crippen molar-refractivity contribution in [3.8, 4) is 17.2 Å². The quantitative estimate of drug-likeness (QED) is 0.892. The Morgan fingerprint density at radius 3 is 2.63 bits per heavy atom. The molecule has 3 N–H and O–H groups in total. The van der Waals surface area contributed by atoms with Crippen molar-refractivity contribution in [1.29, 1.82) is 0 Å². The number of aromatic hydroxyl groups is 1. The fourth-order valence-corrected chi connectivity index (χ4v) is 1.57. The summed E-state index contributed by atoms with van der Waals surface area (Å²) in [6.45, 7) is 1.65. The van der Waals surface area contributed by atoms with Crippen molar-refractivity contribution in [2.24, 2.45) is 5.73 Å². The fraction of sp³-hybridized carbons (Fsp3) is 0.0714. The summed E-state index contributed by atoms with van der Waals surface area (Å²) >= 11 is 0. The van der Waals surface area contributed by atoms with Crippen LogP contribution in [0.1, 0.15) is 15.9 Å². The van der Waals surface area contributed by atoms with Gasteiger partial charge in [-0.3, -0.25) is 4.79 Å². The molecule has 0 aliphatic rings. The van der Waals surface area contributed by atoms with Gasteiger partial charge in [0.15, 0.2) is 11.6 Å². The summed E-state index contributed by atoms with van der Waals surface area (Å²) in [5.41, 5.74) is 5.62. The number of carbonyl (C=O) groups is 1. The highest BCUT2D eigenvalue weighted by atomic mass is 19.1. The summed E-state index contributed by atoms with van der Waals surface area (Å²) in [6.07, 6.45) is 0. The Morgan fingerprint density at radius 2 is 2.00 bits per heavy atom. The van der Waals surface area contributed by atoms with Gasteiger partial charge in [0.1, 0.15) is 11.5 Å². The zero-order chi connectivity index (χ0) is 14.0. The minimum Gasteiger partial charge on any atom is -0.508 e. The summed E-state index contributed by atoms with van der Waals surface area (Å²) in [7, 11) is 0. The second kappa shape index (κ2) is 4.97. The third kappa shape index (κ3) is 2.65. The molecular formula is C14H12FNO3. The predicted molar refractivity (Wildman–Crippen MR) is 67.8 cm³/mol. The highest BCUT2D eigenvalue weighted by Gasteiger charge is 2.11. The number of carbonyl (C=O) groups excluding carboxylic acids is 1. The molecule has 0 aliphatic heterocycles. The first-order valence-corrected chi connectivity index (χ1v) is 5.55. The van der Waals surface area contributed by atoms with Gasteiger partial charge in [-0.2, -0.15) is 0 Å². The van der Waals surface area contributed by atoms with Crippen molar-refractivity contribution >= 4 is 5.91 Å². The zero-order valence-electron chi connectivity index (χ0n) is 10.2. The van der Waals surface area contributed by atoms with Gasteiger partial charge in [-0.1, -0.05) is 6.07 Å². The Labute approximate surface area is 109 Å². The van der Waals surface area contributed by atoms with Crippen molar-refractivity contribution in [1.82, 2.24) is 0 Å². The van der Waals surface area contributed by atoms with Gasteiger partial charge >= 0.3 is 0 Å². The lowest BCUT2D eigenvalue weighted by atomic mass is 10.2. The monoisotopic (exact) mass is 261 g/mol. The van der Waals surface area contributed by atoms with Gasteiger partial charge in [0.25, 0.3) is 0 Å². The number of hydrogen-bond acceptors (Lipinski definition) is 3. The minimum atomic E-state index is -0.709. The van der Waals surface area contributed by atoms with E-state index < -0.39 is 11.7 Å². The van der Waals surface area contributed by atoms with Crippen LogP contribution in [0, 0.1) is 12.7 Å². The number of phenols is 1. The van der Waals surface area contributed by atoms with Gasteiger partial charge in [-0.05, 0) is 37.3 Å². The van der Waals surface area contributed by atoms with E-state index >= 15 is 0 Å². The molecule has 0 spiro atoms. The normalized spacial score (nSPS) is 10.2. The number of halogens is 1. The third-order valence-electron chi connectivity index (χ3n) is 2.69. The smallest absolute Gasteiger partial charge is 0.248 e. The van der Waals surface area contributed by atoms with Crippen LogP contribution >= 0.6 is 0 Å². The lowest BCUT2D eigenvalue weighted by molar-refractivity contribution is 0.1000. The van der Waals surface area contributed by atoms with Crippen LogP contribution in [0.25, 0.3) is 0 Å². The average molecular weight is 261 g/mol. The standard InChI is InChI=1S/C14H12FNO3/c1-8-11(17)3-2-4-12(8)19-13-6-5-9(14(16)18)7-10(13)15/h2-7,17H,1H3,(H2,16,18). The molecule has 0 heterocycles. The molecule has 0 fully saturated rings. The molecule has 19 heavy (non-hydrogen) atoms. The first kappa shape index (κ1) is 12.9. The number of amides is 1. The summed E-state index contributed by atoms with van der Waals surface area (Å²) in [5, 5.41) is 9.53. The van der Waals surface area contributed by atoms with E-state index in [1.807, 2.05) is 0 Å². The lowest BCUT2D eigenvalue weighted by Crippen LogP contribution is -2.11. The fourth-order valence-electron chi connectivity index (χ4n) is 1.57. The van der Waals surface area contributed by atoms with Crippen molar-refractivity contribution < 1.29 is 19.0 Å². The molecular weight excluding hydrogens is 249 g/mol. The molecule has 0 bridgehead atoms. The van der Waals surface area contributed by atoms with Crippen LogP contribution in [0.3, 0.4) is 0 Å². The highest BCUT2D eigenvalue weighted by Crippen LogP contribution is 2.31. The van der Waals surface area contributed by atoms with Crippen molar-refractivity contribution in [2.75, 3.05) is 0 Å². The number of ether oxygens (including phenoxy) is 1. The van der Waals surface area contributed by atoms with Crippen LogP contribution in [0.2, 0.25) is 0 Å². The van der Waals surface area contributed by atoms with Crippen LogP contribution in [-0.4, -0.2) is 11.0 Å². The zero-order valence-corrected chi connectivity index (χ0v) is 10.2. The third-order valence-corrected chi connectivity index (χ3v) is 2.69. The molecule has 0 radical (unpaired) electrons. The molecule has 2 rings (SSSR count). The predicted octanol–water partition coefficient (Wildman–Crippen LogP) is 2.73. The highest BCUT2D eigenvalue weighted by molar-refractivity contribution is 5.92. The SMILES string of the molecule is Cc1c(O)cccc1Oc1ccc(C(N)=O)cc1F. The summed E-state index contributed by atoms with van der Waals surface area (Å²) < 4.78 is 19.1. The van der Waals surface area contributed by atoms with E-state index in [9.17, 15) is 14.3 Å². The Hall–Kier alpha value is -2.56. The first-order valence-electron chi connectivity index (χ1n) is 5.55. The topological polar surface area (TPSA) is 72.6 Å². The summed E-state index contributed by atoms with van der Waals surface area (Å²) in [4.78, 5) is 10.9. The Bertz CT molecular complexity index is 641. The Balaban J connectivity index is 2.34. The van der Waals surface area contributed by atoms with Crippen molar-refractivity contribution in [3.05, 3.63) is 53.3 Å². The number of rotatable bonds is 3. The largest absolute Gasteiger partial charge is 0.508 e.